The molecule has 1 aliphatic carbocycles. The number of carboxylic acid groups (broad SMARTS) is 1. The second kappa shape index (κ2) is 6.22. The Bertz CT molecular complexity index is 511. The quantitative estimate of drug-likeness (QED) is 0.838. The molecule has 2 aliphatic heterocycles. The molecule has 2 fully saturated rings. The monoisotopic (exact) mass is 307 g/mol. The lowest BCUT2D eigenvalue weighted by atomic mass is 9.93. The Morgan fingerprint density at radius 3 is 2.64 bits per heavy atom. The third-order valence-electron chi connectivity index (χ3n) is 4.55. The van der Waals surface area contributed by atoms with Crippen molar-refractivity contribution in [2.75, 3.05) is 19.8 Å². The van der Waals surface area contributed by atoms with E-state index in [-0.39, 0.29) is 18.0 Å². The fourth-order valence-corrected chi connectivity index (χ4v) is 3.47. The predicted octanol–water partition coefficient (Wildman–Crippen LogP) is 0.978. The van der Waals surface area contributed by atoms with Crippen LogP contribution in [0.25, 0.3) is 0 Å². The van der Waals surface area contributed by atoms with E-state index in [4.69, 9.17) is 9.47 Å². The van der Waals surface area contributed by atoms with Gasteiger partial charge in [0.15, 0.2) is 0 Å². The Morgan fingerprint density at radius 2 is 2.05 bits per heavy atom. The predicted molar refractivity (Wildman–Crippen MR) is 78.2 cm³/mol. The summed E-state index contributed by atoms with van der Waals surface area (Å²) in [6.45, 7) is 3.40. The van der Waals surface area contributed by atoms with Crippen molar-refractivity contribution in [1.82, 2.24) is 4.90 Å². The van der Waals surface area contributed by atoms with Gasteiger partial charge in [0, 0.05) is 12.2 Å². The Kier molecular flexibility index (Phi) is 4.31. The summed E-state index contributed by atoms with van der Waals surface area (Å²) in [5.41, 5.74) is 0.523. The van der Waals surface area contributed by atoms with E-state index in [1.54, 1.807) is 18.2 Å². The van der Waals surface area contributed by atoms with Gasteiger partial charge in [0.1, 0.15) is 5.92 Å². The van der Waals surface area contributed by atoms with Crippen LogP contribution in [0.3, 0.4) is 0 Å². The van der Waals surface area contributed by atoms with Crippen LogP contribution in [0, 0.1) is 5.92 Å². The van der Waals surface area contributed by atoms with Gasteiger partial charge in [0.25, 0.3) is 5.91 Å². The smallest absolute Gasteiger partial charge is 0.313 e. The molecule has 6 nitrogen and oxygen atoms in total. The van der Waals surface area contributed by atoms with E-state index < -0.39 is 18.0 Å². The average molecular weight is 307 g/mol. The first-order valence-electron chi connectivity index (χ1n) is 7.76. The Hall–Kier alpha value is -1.66. The fourth-order valence-electron chi connectivity index (χ4n) is 3.47. The topological polar surface area (TPSA) is 76.1 Å². The summed E-state index contributed by atoms with van der Waals surface area (Å²) >= 11 is 0. The lowest BCUT2D eigenvalue weighted by molar-refractivity contribution is -0.144. The van der Waals surface area contributed by atoms with Crippen molar-refractivity contribution in [3.8, 4) is 0 Å². The highest BCUT2D eigenvalue weighted by atomic mass is 16.5. The van der Waals surface area contributed by atoms with E-state index in [0.717, 1.165) is 12.8 Å². The van der Waals surface area contributed by atoms with E-state index in [9.17, 15) is 14.7 Å². The van der Waals surface area contributed by atoms with Crippen LogP contribution in [-0.2, 0) is 19.1 Å². The first-order chi connectivity index (χ1) is 10.6. The van der Waals surface area contributed by atoms with Gasteiger partial charge in [-0.15, -0.1) is 0 Å². The lowest BCUT2D eigenvalue weighted by Gasteiger charge is -2.35. The Labute approximate surface area is 129 Å². The number of amides is 1. The maximum absolute atomic E-state index is 12.8. The highest BCUT2D eigenvalue weighted by molar-refractivity contribution is 5.97. The SMILES string of the molecule is CCOC1C=C(C(=O)N2C3CCC2COC3)C=CC1C(=O)O. The normalized spacial score (nSPS) is 33.7. The average Bonchev–Trinajstić information content (AvgIpc) is 2.75. The van der Waals surface area contributed by atoms with Crippen LogP contribution in [0.4, 0.5) is 0 Å². The molecule has 2 saturated heterocycles. The number of aliphatic carboxylic acids is 1. The molecule has 2 bridgehead atoms. The molecule has 120 valence electrons. The maximum Gasteiger partial charge on any atom is 0.313 e. The molecule has 0 aromatic rings. The Balaban J connectivity index is 1.79. The number of hydrogen-bond donors (Lipinski definition) is 1. The zero-order chi connectivity index (χ0) is 15.7. The van der Waals surface area contributed by atoms with Crippen molar-refractivity contribution in [3.05, 3.63) is 23.8 Å². The molecule has 22 heavy (non-hydrogen) atoms. The van der Waals surface area contributed by atoms with Crippen molar-refractivity contribution in [2.45, 2.75) is 38.0 Å². The molecule has 1 amide bonds. The number of rotatable bonds is 4. The van der Waals surface area contributed by atoms with Crippen molar-refractivity contribution in [3.63, 3.8) is 0 Å². The molecule has 3 rings (SSSR count). The number of fused-ring (bicyclic) bond motifs is 2. The first kappa shape index (κ1) is 15.2. The Morgan fingerprint density at radius 1 is 1.36 bits per heavy atom. The van der Waals surface area contributed by atoms with Crippen molar-refractivity contribution in [1.29, 1.82) is 0 Å². The van der Waals surface area contributed by atoms with Crippen molar-refractivity contribution >= 4 is 11.9 Å². The summed E-state index contributed by atoms with van der Waals surface area (Å²) in [4.78, 5) is 26.0. The minimum atomic E-state index is -0.941. The molecule has 6 heteroatoms. The molecule has 4 unspecified atom stereocenters. The number of morpholine rings is 1. The maximum atomic E-state index is 12.8. The third kappa shape index (κ3) is 2.68. The van der Waals surface area contributed by atoms with Gasteiger partial charge in [-0.2, -0.15) is 0 Å². The standard InChI is InChI=1S/C16H21NO5/c1-2-22-14-7-10(3-6-13(14)16(19)20)15(18)17-11-4-5-12(17)9-21-8-11/h3,6-7,11-14H,2,4-5,8-9H2,1H3,(H,19,20). The lowest BCUT2D eigenvalue weighted by Crippen LogP contribution is -2.49. The van der Waals surface area contributed by atoms with Gasteiger partial charge in [-0.1, -0.05) is 12.2 Å². The number of carboxylic acids is 1. The third-order valence-corrected chi connectivity index (χ3v) is 4.55. The van der Waals surface area contributed by atoms with Gasteiger partial charge in [0.05, 0.1) is 31.4 Å². The van der Waals surface area contributed by atoms with Crippen LogP contribution in [0.15, 0.2) is 23.8 Å². The van der Waals surface area contributed by atoms with Crippen LogP contribution in [0.2, 0.25) is 0 Å². The van der Waals surface area contributed by atoms with Crippen LogP contribution < -0.4 is 0 Å². The number of carbonyl (C=O) groups excluding carboxylic acids is 1. The van der Waals surface area contributed by atoms with E-state index in [1.165, 1.54) is 0 Å². The number of carbonyl (C=O) groups is 2. The summed E-state index contributed by atoms with van der Waals surface area (Å²) < 4.78 is 11.0. The van der Waals surface area contributed by atoms with Crippen molar-refractivity contribution in [2.24, 2.45) is 5.92 Å². The van der Waals surface area contributed by atoms with Crippen LogP contribution in [0.5, 0.6) is 0 Å². The summed E-state index contributed by atoms with van der Waals surface area (Å²) in [6.07, 6.45) is 6.17. The second-order valence-corrected chi connectivity index (χ2v) is 5.90. The highest BCUT2D eigenvalue weighted by Crippen LogP contribution is 2.31. The van der Waals surface area contributed by atoms with E-state index in [1.807, 2.05) is 11.8 Å². The number of nitrogens with zero attached hydrogens (tertiary/aromatic N) is 1. The molecule has 0 saturated carbocycles. The van der Waals surface area contributed by atoms with Crippen LogP contribution in [0.1, 0.15) is 19.8 Å². The molecule has 0 radical (unpaired) electrons. The zero-order valence-electron chi connectivity index (χ0n) is 12.6. The van der Waals surface area contributed by atoms with Crippen molar-refractivity contribution < 1.29 is 24.2 Å². The number of hydrogen-bond acceptors (Lipinski definition) is 4. The molecule has 2 heterocycles. The fraction of sp³-hybridized carbons (Fsp3) is 0.625. The second-order valence-electron chi connectivity index (χ2n) is 5.90. The molecule has 1 N–H and O–H groups in total. The molecule has 3 aliphatic rings. The zero-order valence-corrected chi connectivity index (χ0v) is 12.6. The summed E-state index contributed by atoms with van der Waals surface area (Å²) in [5, 5.41) is 9.23. The van der Waals surface area contributed by atoms with Gasteiger partial charge >= 0.3 is 5.97 Å². The molecule has 4 atom stereocenters. The van der Waals surface area contributed by atoms with Gasteiger partial charge in [0.2, 0.25) is 0 Å². The van der Waals surface area contributed by atoms with Crippen LogP contribution >= 0.6 is 0 Å². The largest absolute Gasteiger partial charge is 0.481 e. The molecule has 0 spiro atoms. The van der Waals surface area contributed by atoms with Gasteiger partial charge < -0.3 is 19.5 Å². The summed E-state index contributed by atoms with van der Waals surface area (Å²) in [7, 11) is 0. The minimum absolute atomic E-state index is 0.0411. The molecular formula is C16H21NO5. The van der Waals surface area contributed by atoms with Gasteiger partial charge in [-0.25, -0.2) is 0 Å². The van der Waals surface area contributed by atoms with E-state index in [2.05, 4.69) is 0 Å². The highest BCUT2D eigenvalue weighted by Gasteiger charge is 2.41. The van der Waals surface area contributed by atoms with Crippen LogP contribution in [-0.4, -0.2) is 59.9 Å². The minimum Gasteiger partial charge on any atom is -0.481 e. The van der Waals surface area contributed by atoms with Gasteiger partial charge in [-0.05, 0) is 25.8 Å². The summed E-state index contributed by atoms with van der Waals surface area (Å²) in [5.74, 6) is -1.72. The van der Waals surface area contributed by atoms with E-state index >= 15 is 0 Å². The molecule has 0 aromatic carbocycles. The van der Waals surface area contributed by atoms with E-state index in [0.29, 0.717) is 25.4 Å². The first-order valence-corrected chi connectivity index (χ1v) is 7.76. The van der Waals surface area contributed by atoms with Gasteiger partial charge in [-0.3, -0.25) is 9.59 Å². The molecule has 0 aromatic heterocycles. The summed E-state index contributed by atoms with van der Waals surface area (Å²) in [6, 6.07) is 0.284. The number of ether oxygens (including phenoxy) is 2. The molecular weight excluding hydrogens is 286 g/mol.